The second-order valence-electron chi connectivity index (χ2n) is 4.57. The molecule has 6 heteroatoms. The number of nitrogens with one attached hydrogen (secondary N) is 1. The number of carbonyl (C=O) groups excluding carboxylic acids is 1. The van der Waals surface area contributed by atoms with E-state index in [0.29, 0.717) is 10.8 Å². The Hall–Kier alpha value is -1.85. The zero-order valence-corrected chi connectivity index (χ0v) is 14.2. The third-order valence-electron chi connectivity index (χ3n) is 2.72. The van der Waals surface area contributed by atoms with Crippen molar-refractivity contribution in [3.63, 3.8) is 0 Å². The molecule has 2 aromatic rings. The summed E-state index contributed by atoms with van der Waals surface area (Å²) < 4.78 is 6.23. The molecule has 0 bridgehead atoms. The highest BCUT2D eigenvalue weighted by molar-refractivity contribution is 9.10. The zero-order chi connectivity index (χ0) is 15.9. The molecule has 1 amide bonds. The summed E-state index contributed by atoms with van der Waals surface area (Å²) in [6.07, 6.45) is 1.54. The van der Waals surface area contributed by atoms with E-state index in [1.807, 2.05) is 25.1 Å². The Balaban J connectivity index is 1.81. The lowest BCUT2D eigenvalue weighted by Gasteiger charge is -2.07. The number of halogens is 2. The normalized spacial score (nSPS) is 10.7. The van der Waals surface area contributed by atoms with Gasteiger partial charge in [0.1, 0.15) is 5.75 Å². The predicted octanol–water partition coefficient (Wildman–Crippen LogP) is 3.94. The Kier molecular flexibility index (Phi) is 5.98. The minimum absolute atomic E-state index is 0.111. The van der Waals surface area contributed by atoms with Crippen LogP contribution in [0.5, 0.6) is 5.75 Å². The maximum atomic E-state index is 11.7. The van der Waals surface area contributed by atoms with Gasteiger partial charge in [0, 0.05) is 5.02 Å². The second-order valence-corrected chi connectivity index (χ2v) is 5.86. The molecule has 0 saturated carbocycles. The van der Waals surface area contributed by atoms with Crippen molar-refractivity contribution in [1.82, 2.24) is 5.43 Å². The lowest BCUT2D eigenvalue weighted by Crippen LogP contribution is -2.24. The molecule has 0 spiro atoms. The molecule has 0 aliphatic rings. The number of hydrogen-bond donors (Lipinski definition) is 1. The van der Waals surface area contributed by atoms with E-state index in [0.717, 1.165) is 15.6 Å². The van der Waals surface area contributed by atoms with Gasteiger partial charge in [-0.05, 0) is 58.2 Å². The van der Waals surface area contributed by atoms with Gasteiger partial charge in [0.05, 0.1) is 10.7 Å². The molecule has 0 saturated heterocycles. The molecule has 0 aromatic heterocycles. The van der Waals surface area contributed by atoms with E-state index < -0.39 is 0 Å². The van der Waals surface area contributed by atoms with Gasteiger partial charge in [0.2, 0.25) is 0 Å². The van der Waals surface area contributed by atoms with E-state index in [9.17, 15) is 4.79 Å². The van der Waals surface area contributed by atoms with Gasteiger partial charge in [-0.2, -0.15) is 5.10 Å². The van der Waals surface area contributed by atoms with Crippen LogP contribution < -0.4 is 10.2 Å². The smallest absolute Gasteiger partial charge is 0.277 e. The van der Waals surface area contributed by atoms with Crippen molar-refractivity contribution in [1.29, 1.82) is 0 Å². The van der Waals surface area contributed by atoms with Crippen LogP contribution in [0.2, 0.25) is 5.02 Å². The van der Waals surface area contributed by atoms with E-state index in [-0.39, 0.29) is 12.5 Å². The van der Waals surface area contributed by atoms with E-state index in [1.165, 1.54) is 6.21 Å². The Morgan fingerprint density at radius 2 is 2.05 bits per heavy atom. The molecule has 1 N–H and O–H groups in total. The van der Waals surface area contributed by atoms with Crippen LogP contribution in [0.3, 0.4) is 0 Å². The van der Waals surface area contributed by atoms with Gasteiger partial charge in [-0.15, -0.1) is 0 Å². The highest BCUT2D eigenvalue weighted by Gasteiger charge is 2.04. The van der Waals surface area contributed by atoms with Crippen molar-refractivity contribution in [2.45, 2.75) is 6.92 Å². The van der Waals surface area contributed by atoms with Gasteiger partial charge in [-0.25, -0.2) is 5.43 Å². The molecule has 2 rings (SSSR count). The molecule has 0 aliphatic carbocycles. The van der Waals surface area contributed by atoms with Crippen molar-refractivity contribution in [2.75, 3.05) is 6.61 Å². The number of nitrogens with zero attached hydrogens (tertiary/aromatic N) is 1. The molecule has 0 atom stereocenters. The number of amides is 1. The average molecular weight is 382 g/mol. The number of ether oxygens (including phenoxy) is 1. The van der Waals surface area contributed by atoms with E-state index in [1.54, 1.807) is 24.3 Å². The number of hydrazone groups is 1. The van der Waals surface area contributed by atoms with E-state index in [2.05, 4.69) is 26.5 Å². The molecule has 0 fully saturated rings. The third kappa shape index (κ3) is 5.16. The quantitative estimate of drug-likeness (QED) is 0.630. The van der Waals surface area contributed by atoms with Crippen LogP contribution in [-0.2, 0) is 4.79 Å². The zero-order valence-electron chi connectivity index (χ0n) is 11.8. The van der Waals surface area contributed by atoms with Gasteiger partial charge >= 0.3 is 0 Å². The number of aryl methyl sites for hydroxylation is 1. The minimum atomic E-state index is -0.335. The van der Waals surface area contributed by atoms with Crippen LogP contribution in [0.1, 0.15) is 11.1 Å². The van der Waals surface area contributed by atoms with Crippen LogP contribution in [0.25, 0.3) is 0 Å². The summed E-state index contributed by atoms with van der Waals surface area (Å²) in [4.78, 5) is 11.7. The molecule has 114 valence electrons. The number of carbonyl (C=O) groups is 1. The van der Waals surface area contributed by atoms with Crippen LogP contribution in [-0.4, -0.2) is 18.7 Å². The molecule has 0 aliphatic heterocycles. The maximum absolute atomic E-state index is 11.7. The van der Waals surface area contributed by atoms with Gasteiger partial charge in [0.25, 0.3) is 5.91 Å². The summed E-state index contributed by atoms with van der Waals surface area (Å²) in [5, 5.41) is 4.51. The Labute approximate surface area is 142 Å². The largest absolute Gasteiger partial charge is 0.483 e. The topological polar surface area (TPSA) is 50.7 Å². The van der Waals surface area contributed by atoms with Gasteiger partial charge in [-0.1, -0.05) is 29.8 Å². The third-order valence-corrected chi connectivity index (χ3v) is 3.59. The first-order valence-electron chi connectivity index (χ1n) is 6.51. The minimum Gasteiger partial charge on any atom is -0.483 e. The van der Waals surface area contributed by atoms with Crippen molar-refractivity contribution in [3.05, 3.63) is 63.1 Å². The van der Waals surface area contributed by atoms with Crippen molar-refractivity contribution in [3.8, 4) is 5.75 Å². The lowest BCUT2D eigenvalue weighted by molar-refractivity contribution is -0.123. The number of rotatable bonds is 5. The van der Waals surface area contributed by atoms with Crippen molar-refractivity contribution >= 4 is 39.7 Å². The van der Waals surface area contributed by atoms with Crippen LogP contribution >= 0.6 is 27.5 Å². The van der Waals surface area contributed by atoms with Crippen LogP contribution in [0.4, 0.5) is 0 Å². The van der Waals surface area contributed by atoms with E-state index >= 15 is 0 Å². The Morgan fingerprint density at radius 1 is 1.32 bits per heavy atom. The average Bonchev–Trinajstić information content (AvgIpc) is 2.48. The molecule has 0 heterocycles. The van der Waals surface area contributed by atoms with Crippen molar-refractivity contribution in [2.24, 2.45) is 5.10 Å². The molecule has 22 heavy (non-hydrogen) atoms. The SMILES string of the molecule is Cc1ccc(OCC(=O)NN=Cc2ccc(Cl)cc2)c(Br)c1. The summed E-state index contributed by atoms with van der Waals surface area (Å²) >= 11 is 9.17. The molecule has 2 aromatic carbocycles. The maximum Gasteiger partial charge on any atom is 0.277 e. The fourth-order valence-electron chi connectivity index (χ4n) is 1.63. The van der Waals surface area contributed by atoms with Crippen LogP contribution in [0, 0.1) is 6.92 Å². The lowest BCUT2D eigenvalue weighted by atomic mass is 10.2. The fourth-order valence-corrected chi connectivity index (χ4v) is 2.36. The van der Waals surface area contributed by atoms with Crippen molar-refractivity contribution < 1.29 is 9.53 Å². The first-order chi connectivity index (χ1) is 10.5. The first kappa shape index (κ1) is 16.5. The monoisotopic (exact) mass is 380 g/mol. The number of hydrogen-bond acceptors (Lipinski definition) is 3. The van der Waals surface area contributed by atoms with Crippen LogP contribution in [0.15, 0.2) is 52.0 Å². The molecule has 4 nitrogen and oxygen atoms in total. The van der Waals surface area contributed by atoms with Gasteiger partial charge < -0.3 is 4.74 Å². The van der Waals surface area contributed by atoms with Gasteiger partial charge in [0.15, 0.2) is 6.61 Å². The molecule has 0 radical (unpaired) electrons. The highest BCUT2D eigenvalue weighted by Crippen LogP contribution is 2.25. The summed E-state index contributed by atoms with van der Waals surface area (Å²) in [7, 11) is 0. The summed E-state index contributed by atoms with van der Waals surface area (Å²) in [5.41, 5.74) is 4.35. The molecular weight excluding hydrogens is 368 g/mol. The Morgan fingerprint density at radius 3 is 2.73 bits per heavy atom. The fraction of sp³-hybridized carbons (Fsp3) is 0.125. The molecule has 0 unspecified atom stereocenters. The standard InChI is InChI=1S/C16H14BrClN2O2/c1-11-2-7-15(14(17)8-11)22-10-16(21)20-19-9-12-3-5-13(18)6-4-12/h2-9H,10H2,1H3,(H,20,21). The summed E-state index contributed by atoms with van der Waals surface area (Å²) in [6.45, 7) is 1.87. The second kappa shape index (κ2) is 7.96. The van der Waals surface area contributed by atoms with Gasteiger partial charge in [-0.3, -0.25) is 4.79 Å². The predicted molar refractivity (Wildman–Crippen MR) is 91.6 cm³/mol. The summed E-state index contributed by atoms with van der Waals surface area (Å²) in [6, 6.07) is 12.8. The number of benzene rings is 2. The Bertz CT molecular complexity index is 687. The first-order valence-corrected chi connectivity index (χ1v) is 7.68. The summed E-state index contributed by atoms with van der Waals surface area (Å²) in [5.74, 6) is 0.278. The highest BCUT2D eigenvalue weighted by atomic mass is 79.9. The van der Waals surface area contributed by atoms with E-state index in [4.69, 9.17) is 16.3 Å². The molecular formula is C16H14BrClN2O2.